The second kappa shape index (κ2) is 9.55. The summed E-state index contributed by atoms with van der Waals surface area (Å²) < 4.78 is 1.79. The zero-order valence-corrected chi connectivity index (χ0v) is 18.4. The number of hydrogen-bond acceptors (Lipinski definition) is 3. The Kier molecular flexibility index (Phi) is 7.09. The van der Waals surface area contributed by atoms with Gasteiger partial charge in [-0.2, -0.15) is 0 Å². The van der Waals surface area contributed by atoms with E-state index in [1.807, 2.05) is 36.1 Å². The summed E-state index contributed by atoms with van der Waals surface area (Å²) in [5.74, 6) is 1.41. The molecule has 0 saturated heterocycles. The van der Waals surface area contributed by atoms with Crippen molar-refractivity contribution in [3.8, 4) is 0 Å². The fourth-order valence-electron chi connectivity index (χ4n) is 4.50. The second-order valence-electron chi connectivity index (χ2n) is 8.84. The van der Waals surface area contributed by atoms with E-state index in [4.69, 9.17) is 4.98 Å². The predicted octanol–water partition coefficient (Wildman–Crippen LogP) is 4.93. The van der Waals surface area contributed by atoms with Gasteiger partial charge in [-0.1, -0.05) is 52.2 Å². The molecule has 3 rings (SSSR count). The van der Waals surface area contributed by atoms with E-state index in [2.05, 4.69) is 20.8 Å². The Morgan fingerprint density at radius 1 is 1.17 bits per heavy atom. The average Bonchev–Trinajstić information content (AvgIpc) is 2.73. The molecule has 1 saturated carbocycles. The van der Waals surface area contributed by atoms with Crippen LogP contribution in [0.4, 0.5) is 0 Å². The molecule has 0 spiro atoms. The summed E-state index contributed by atoms with van der Waals surface area (Å²) in [7, 11) is 0. The molecule has 0 bridgehead atoms. The molecule has 1 aliphatic carbocycles. The van der Waals surface area contributed by atoms with Gasteiger partial charge in [0.05, 0.1) is 16.9 Å². The third-order valence-corrected chi connectivity index (χ3v) is 5.98. The van der Waals surface area contributed by atoms with Crippen LogP contribution in [-0.4, -0.2) is 26.9 Å². The molecule has 5 nitrogen and oxygen atoms in total. The maximum absolute atomic E-state index is 13.5. The molecule has 0 N–H and O–H groups in total. The van der Waals surface area contributed by atoms with E-state index in [9.17, 15) is 9.59 Å². The average molecular weight is 398 g/mol. The molecular weight excluding hydrogens is 362 g/mol. The summed E-state index contributed by atoms with van der Waals surface area (Å²) in [4.78, 5) is 33.5. The number of fused-ring (bicyclic) bond motifs is 1. The van der Waals surface area contributed by atoms with Crippen LogP contribution >= 0.6 is 0 Å². The van der Waals surface area contributed by atoms with Crippen LogP contribution in [0.3, 0.4) is 0 Å². The van der Waals surface area contributed by atoms with Gasteiger partial charge in [-0.25, -0.2) is 4.98 Å². The third kappa shape index (κ3) is 4.71. The minimum Gasteiger partial charge on any atom is -0.332 e. The molecule has 1 aliphatic rings. The summed E-state index contributed by atoms with van der Waals surface area (Å²) in [5.41, 5.74) is 0.704. The Bertz CT molecular complexity index is 897. The lowest BCUT2D eigenvalue weighted by molar-refractivity contribution is -0.139. The summed E-state index contributed by atoms with van der Waals surface area (Å²) in [6, 6.07) is 7.29. The SMILES string of the molecule is CCCn1c(C(C)N(CC(C)C)C(=O)C2CCCCC2)nc2ccccc2c1=O. The maximum Gasteiger partial charge on any atom is 0.261 e. The molecule has 2 aromatic rings. The number of rotatable bonds is 7. The topological polar surface area (TPSA) is 55.2 Å². The second-order valence-corrected chi connectivity index (χ2v) is 8.84. The van der Waals surface area contributed by atoms with Crippen molar-refractivity contribution in [2.24, 2.45) is 11.8 Å². The Balaban J connectivity index is 2.05. The molecule has 1 atom stereocenters. The first-order valence-electron chi connectivity index (χ1n) is 11.2. The van der Waals surface area contributed by atoms with Gasteiger partial charge in [-0.15, -0.1) is 0 Å². The van der Waals surface area contributed by atoms with Gasteiger partial charge in [0, 0.05) is 19.0 Å². The highest BCUT2D eigenvalue weighted by Crippen LogP contribution is 2.30. The highest BCUT2D eigenvalue weighted by molar-refractivity contribution is 5.80. The highest BCUT2D eigenvalue weighted by atomic mass is 16.2. The molecule has 1 heterocycles. The number of hydrogen-bond donors (Lipinski definition) is 0. The lowest BCUT2D eigenvalue weighted by Gasteiger charge is -2.35. The number of carbonyl (C=O) groups is 1. The van der Waals surface area contributed by atoms with Crippen LogP contribution in [0.5, 0.6) is 0 Å². The molecule has 1 amide bonds. The lowest BCUT2D eigenvalue weighted by atomic mass is 9.87. The van der Waals surface area contributed by atoms with Gasteiger partial charge < -0.3 is 4.90 Å². The monoisotopic (exact) mass is 397 g/mol. The lowest BCUT2D eigenvalue weighted by Crippen LogP contribution is -2.43. The van der Waals surface area contributed by atoms with Gasteiger partial charge in [-0.05, 0) is 44.2 Å². The van der Waals surface area contributed by atoms with Crippen molar-refractivity contribution in [2.75, 3.05) is 6.54 Å². The molecule has 1 fully saturated rings. The molecule has 1 aromatic carbocycles. The zero-order chi connectivity index (χ0) is 21.0. The van der Waals surface area contributed by atoms with Crippen LogP contribution in [0.25, 0.3) is 10.9 Å². The Hall–Kier alpha value is -2.17. The minimum absolute atomic E-state index is 0.00564. The van der Waals surface area contributed by atoms with Crippen LogP contribution in [0, 0.1) is 11.8 Å². The van der Waals surface area contributed by atoms with Gasteiger partial charge in [0.25, 0.3) is 5.56 Å². The van der Waals surface area contributed by atoms with Crippen LogP contribution in [-0.2, 0) is 11.3 Å². The Morgan fingerprint density at radius 2 is 1.86 bits per heavy atom. The van der Waals surface area contributed by atoms with Crippen LogP contribution < -0.4 is 5.56 Å². The molecule has 29 heavy (non-hydrogen) atoms. The van der Waals surface area contributed by atoms with E-state index < -0.39 is 0 Å². The molecule has 5 heteroatoms. The first-order valence-corrected chi connectivity index (χ1v) is 11.2. The normalized spacial score (nSPS) is 16.3. The Labute approximate surface area is 174 Å². The maximum atomic E-state index is 13.5. The van der Waals surface area contributed by atoms with Crippen molar-refractivity contribution in [3.05, 3.63) is 40.4 Å². The van der Waals surface area contributed by atoms with Gasteiger partial charge in [0.1, 0.15) is 5.82 Å². The van der Waals surface area contributed by atoms with Gasteiger partial charge >= 0.3 is 0 Å². The molecule has 0 radical (unpaired) electrons. The van der Waals surface area contributed by atoms with E-state index >= 15 is 0 Å². The number of amides is 1. The van der Waals surface area contributed by atoms with Crippen molar-refractivity contribution in [1.82, 2.24) is 14.5 Å². The first kappa shape index (κ1) is 21.5. The van der Waals surface area contributed by atoms with Crippen molar-refractivity contribution in [2.45, 2.75) is 78.8 Å². The van der Waals surface area contributed by atoms with E-state index in [0.717, 1.165) is 32.1 Å². The van der Waals surface area contributed by atoms with Crippen molar-refractivity contribution in [1.29, 1.82) is 0 Å². The summed E-state index contributed by atoms with van der Waals surface area (Å²) in [5, 5.41) is 0.644. The van der Waals surface area contributed by atoms with Crippen LogP contribution in [0.1, 0.15) is 78.1 Å². The van der Waals surface area contributed by atoms with Crippen LogP contribution in [0.15, 0.2) is 29.1 Å². The quantitative estimate of drug-likeness (QED) is 0.665. The molecule has 1 unspecified atom stereocenters. The minimum atomic E-state index is -0.226. The fourth-order valence-corrected chi connectivity index (χ4v) is 4.50. The van der Waals surface area contributed by atoms with Gasteiger partial charge in [0.2, 0.25) is 5.91 Å². The number of para-hydroxylation sites is 1. The number of carbonyl (C=O) groups excluding carboxylic acids is 1. The third-order valence-electron chi connectivity index (χ3n) is 5.98. The zero-order valence-electron chi connectivity index (χ0n) is 18.4. The fraction of sp³-hybridized carbons (Fsp3) is 0.625. The van der Waals surface area contributed by atoms with Gasteiger partial charge in [0.15, 0.2) is 0 Å². The molecule has 1 aromatic heterocycles. The van der Waals surface area contributed by atoms with E-state index in [-0.39, 0.29) is 23.4 Å². The summed E-state index contributed by atoms with van der Waals surface area (Å²) in [6.07, 6.45) is 6.30. The Morgan fingerprint density at radius 3 is 2.52 bits per heavy atom. The standard InChI is InChI=1S/C24H35N3O2/c1-5-15-26-22(25-21-14-10-9-13-20(21)24(26)29)18(4)27(16-17(2)3)23(28)19-11-7-6-8-12-19/h9-10,13-14,17-19H,5-8,11-12,15-16H2,1-4H3. The first-order chi connectivity index (χ1) is 13.9. The number of aromatic nitrogens is 2. The number of benzene rings is 1. The van der Waals surface area contributed by atoms with Crippen LogP contribution in [0.2, 0.25) is 0 Å². The summed E-state index contributed by atoms with van der Waals surface area (Å²) >= 11 is 0. The van der Waals surface area contributed by atoms with E-state index in [0.29, 0.717) is 35.7 Å². The molecule has 158 valence electrons. The smallest absolute Gasteiger partial charge is 0.261 e. The van der Waals surface area contributed by atoms with Crippen molar-refractivity contribution >= 4 is 16.8 Å². The highest BCUT2D eigenvalue weighted by Gasteiger charge is 2.32. The van der Waals surface area contributed by atoms with Crippen molar-refractivity contribution < 1.29 is 4.79 Å². The summed E-state index contributed by atoms with van der Waals surface area (Å²) in [6.45, 7) is 9.68. The van der Waals surface area contributed by atoms with Gasteiger partial charge in [-0.3, -0.25) is 14.2 Å². The predicted molar refractivity (Wildman–Crippen MR) is 118 cm³/mol. The van der Waals surface area contributed by atoms with E-state index in [1.54, 1.807) is 4.57 Å². The molecule has 0 aliphatic heterocycles. The largest absolute Gasteiger partial charge is 0.332 e. The van der Waals surface area contributed by atoms with Crippen molar-refractivity contribution in [3.63, 3.8) is 0 Å². The molecular formula is C24H35N3O2. The number of nitrogens with zero attached hydrogens (tertiary/aromatic N) is 3. The van der Waals surface area contributed by atoms with E-state index in [1.165, 1.54) is 6.42 Å².